The average Bonchev–Trinajstić information content (AvgIpc) is 3.38. The van der Waals surface area contributed by atoms with Crippen LogP contribution in [0.4, 0.5) is 19.0 Å². The van der Waals surface area contributed by atoms with Crippen LogP contribution in [0.3, 0.4) is 0 Å². The summed E-state index contributed by atoms with van der Waals surface area (Å²) >= 11 is 1.24. The van der Waals surface area contributed by atoms with E-state index in [0.717, 1.165) is 17.4 Å². The molecule has 1 fully saturated rings. The number of carbonyl (C=O) groups excluding carboxylic acids is 1. The fourth-order valence-corrected chi connectivity index (χ4v) is 5.85. The van der Waals surface area contributed by atoms with Crippen LogP contribution in [-0.4, -0.2) is 44.6 Å². The third kappa shape index (κ3) is 4.74. The van der Waals surface area contributed by atoms with Crippen LogP contribution in [0.5, 0.6) is 0 Å². The van der Waals surface area contributed by atoms with E-state index < -0.39 is 24.1 Å². The van der Waals surface area contributed by atoms with Crippen molar-refractivity contribution in [1.29, 1.82) is 0 Å². The Morgan fingerprint density at radius 3 is 2.81 bits per heavy atom. The summed E-state index contributed by atoms with van der Waals surface area (Å²) in [6.07, 6.45) is -1.17. The Bertz CT molecular complexity index is 1290. The normalized spacial score (nSPS) is 23.9. The highest BCUT2D eigenvalue weighted by molar-refractivity contribution is 7.14. The van der Waals surface area contributed by atoms with Crippen LogP contribution in [0.2, 0.25) is 0 Å². The standard InChI is InChI=1S/C25H25F3N4O3S/c1-12-7-15(8-18(12)33)31-24-17(10-29-11-30-24)22(34)19-9-16(13(2)36-19)23-21-14(5-6-35-23)3-4-20(32-21)25(26,27)28/h3-4,9-12,15,18,23,33H,5-8H2,1-2H3,(H,29,30,31)/t12-,15-,18+,23-/m1/s1. The van der Waals surface area contributed by atoms with Gasteiger partial charge in [-0.1, -0.05) is 13.0 Å². The fraction of sp³-hybridized carbons (Fsp3) is 0.440. The number of carbonyl (C=O) groups is 1. The van der Waals surface area contributed by atoms with Crippen LogP contribution < -0.4 is 5.32 Å². The van der Waals surface area contributed by atoms with Gasteiger partial charge in [0.15, 0.2) is 0 Å². The number of aliphatic hydroxyl groups excluding tert-OH is 1. The molecule has 0 aromatic carbocycles. The van der Waals surface area contributed by atoms with E-state index in [4.69, 9.17) is 4.74 Å². The van der Waals surface area contributed by atoms with E-state index in [-0.39, 0.29) is 23.4 Å². The van der Waals surface area contributed by atoms with Crippen molar-refractivity contribution < 1.29 is 27.8 Å². The molecule has 0 unspecified atom stereocenters. The number of ketones is 1. The SMILES string of the molecule is Cc1sc(C(=O)c2cncnc2N[C@@H]2C[C@@H](C)[C@@H](O)C2)cc1[C@H]1OCCc2ccc(C(F)(F)F)nc21. The Kier molecular flexibility index (Phi) is 6.56. The molecule has 7 nitrogen and oxygen atoms in total. The first-order chi connectivity index (χ1) is 17.1. The van der Waals surface area contributed by atoms with Gasteiger partial charge >= 0.3 is 6.18 Å². The summed E-state index contributed by atoms with van der Waals surface area (Å²) in [6, 6.07) is 4.10. The number of hydrogen-bond donors (Lipinski definition) is 2. The number of ether oxygens (including phenoxy) is 1. The Morgan fingerprint density at radius 1 is 1.28 bits per heavy atom. The highest BCUT2D eigenvalue weighted by Gasteiger charge is 2.36. The van der Waals surface area contributed by atoms with E-state index >= 15 is 0 Å². The van der Waals surface area contributed by atoms with Crippen LogP contribution in [-0.2, 0) is 17.3 Å². The summed E-state index contributed by atoms with van der Waals surface area (Å²) < 4.78 is 45.8. The number of nitrogens with one attached hydrogen (secondary N) is 1. The highest BCUT2D eigenvalue weighted by Crippen LogP contribution is 2.39. The lowest BCUT2D eigenvalue weighted by Crippen LogP contribution is -2.21. The van der Waals surface area contributed by atoms with E-state index in [0.29, 0.717) is 46.8 Å². The molecule has 2 aliphatic rings. The lowest BCUT2D eigenvalue weighted by molar-refractivity contribution is -0.141. The molecule has 1 aliphatic carbocycles. The maximum absolute atomic E-state index is 13.5. The number of aryl methyl sites for hydroxylation is 1. The van der Waals surface area contributed by atoms with Crippen LogP contribution in [0.15, 0.2) is 30.7 Å². The summed E-state index contributed by atoms with van der Waals surface area (Å²) in [6.45, 7) is 4.13. The van der Waals surface area contributed by atoms with Gasteiger partial charge in [0.25, 0.3) is 0 Å². The van der Waals surface area contributed by atoms with Crippen molar-refractivity contribution >= 4 is 22.9 Å². The fourth-order valence-electron chi connectivity index (χ4n) is 4.85. The zero-order chi connectivity index (χ0) is 25.6. The molecular formula is C25H25F3N4O3S. The second-order valence-electron chi connectivity index (χ2n) is 9.33. The molecule has 0 amide bonds. The molecule has 0 saturated heterocycles. The molecule has 190 valence electrons. The molecule has 2 N–H and O–H groups in total. The number of halogens is 3. The molecule has 11 heteroatoms. The van der Waals surface area contributed by atoms with Crippen LogP contribution >= 0.6 is 11.3 Å². The highest BCUT2D eigenvalue weighted by atomic mass is 32.1. The van der Waals surface area contributed by atoms with Gasteiger partial charge in [0.2, 0.25) is 5.78 Å². The van der Waals surface area contributed by atoms with Crippen molar-refractivity contribution in [3.05, 3.63) is 68.6 Å². The van der Waals surface area contributed by atoms with Gasteiger partial charge < -0.3 is 15.2 Å². The van der Waals surface area contributed by atoms with E-state index in [9.17, 15) is 23.1 Å². The van der Waals surface area contributed by atoms with Crippen LogP contribution in [0.1, 0.15) is 68.5 Å². The number of hydrogen-bond acceptors (Lipinski definition) is 8. The average molecular weight is 519 g/mol. The third-order valence-corrected chi connectivity index (χ3v) is 7.87. The van der Waals surface area contributed by atoms with Gasteiger partial charge in [0, 0.05) is 22.7 Å². The molecule has 3 aromatic rings. The van der Waals surface area contributed by atoms with Crippen molar-refractivity contribution in [1.82, 2.24) is 15.0 Å². The second-order valence-corrected chi connectivity index (χ2v) is 10.6. The summed E-state index contributed by atoms with van der Waals surface area (Å²) in [5.41, 5.74) is 0.880. The van der Waals surface area contributed by atoms with Gasteiger partial charge in [-0.05, 0) is 49.8 Å². The molecule has 3 aromatic heterocycles. The number of alkyl halides is 3. The van der Waals surface area contributed by atoms with Crippen molar-refractivity contribution in [2.75, 3.05) is 11.9 Å². The van der Waals surface area contributed by atoms with Gasteiger partial charge in [-0.15, -0.1) is 11.3 Å². The molecule has 1 saturated carbocycles. The second kappa shape index (κ2) is 9.53. The smallest absolute Gasteiger partial charge is 0.393 e. The zero-order valence-electron chi connectivity index (χ0n) is 19.7. The quantitative estimate of drug-likeness (QED) is 0.472. The lowest BCUT2D eigenvalue weighted by Gasteiger charge is -2.26. The van der Waals surface area contributed by atoms with Crippen molar-refractivity contribution in [2.24, 2.45) is 5.92 Å². The van der Waals surface area contributed by atoms with E-state index in [1.54, 1.807) is 6.07 Å². The maximum Gasteiger partial charge on any atom is 0.433 e. The molecule has 0 spiro atoms. The maximum atomic E-state index is 13.5. The van der Waals surface area contributed by atoms with Crippen LogP contribution in [0.25, 0.3) is 0 Å². The molecular weight excluding hydrogens is 493 g/mol. The van der Waals surface area contributed by atoms with E-state index in [1.165, 1.54) is 29.9 Å². The predicted octanol–water partition coefficient (Wildman–Crippen LogP) is 4.72. The van der Waals surface area contributed by atoms with Crippen LogP contribution in [0, 0.1) is 12.8 Å². The Morgan fingerprint density at radius 2 is 2.08 bits per heavy atom. The number of fused-ring (bicyclic) bond motifs is 1. The Labute approximate surface area is 209 Å². The van der Waals surface area contributed by atoms with E-state index in [1.807, 2.05) is 13.8 Å². The minimum atomic E-state index is -4.56. The lowest BCUT2D eigenvalue weighted by atomic mass is 9.97. The third-order valence-electron chi connectivity index (χ3n) is 6.81. The van der Waals surface area contributed by atoms with Gasteiger partial charge in [-0.2, -0.15) is 13.2 Å². The van der Waals surface area contributed by atoms with Gasteiger partial charge in [-0.3, -0.25) is 4.79 Å². The minimum Gasteiger partial charge on any atom is -0.393 e. The minimum absolute atomic E-state index is 0.0156. The zero-order valence-corrected chi connectivity index (χ0v) is 20.5. The van der Waals surface area contributed by atoms with Crippen molar-refractivity contribution in [3.63, 3.8) is 0 Å². The topological polar surface area (TPSA) is 97.2 Å². The first kappa shape index (κ1) is 24.8. The number of nitrogens with zero attached hydrogens (tertiary/aromatic N) is 3. The largest absolute Gasteiger partial charge is 0.433 e. The van der Waals surface area contributed by atoms with Crippen molar-refractivity contribution in [2.45, 2.75) is 57.5 Å². The summed E-state index contributed by atoms with van der Waals surface area (Å²) in [7, 11) is 0. The van der Waals surface area contributed by atoms with Gasteiger partial charge in [0.05, 0.1) is 28.8 Å². The summed E-state index contributed by atoms with van der Waals surface area (Å²) in [4.78, 5) is 26.8. The van der Waals surface area contributed by atoms with Gasteiger partial charge in [0.1, 0.15) is 23.9 Å². The molecule has 0 radical (unpaired) electrons. The van der Waals surface area contributed by atoms with Gasteiger partial charge in [-0.25, -0.2) is 15.0 Å². The molecule has 0 bridgehead atoms. The number of aliphatic hydroxyl groups is 1. The number of aromatic nitrogens is 3. The molecule has 5 rings (SSSR count). The first-order valence-corrected chi connectivity index (χ1v) is 12.5. The number of anilines is 1. The summed E-state index contributed by atoms with van der Waals surface area (Å²) in [5.74, 6) is 0.248. The molecule has 1 aliphatic heterocycles. The Balaban J connectivity index is 1.44. The molecule has 4 heterocycles. The molecule has 36 heavy (non-hydrogen) atoms. The summed E-state index contributed by atoms with van der Waals surface area (Å²) in [5, 5.41) is 13.3. The Hall–Kier alpha value is -2.89. The van der Waals surface area contributed by atoms with Crippen molar-refractivity contribution in [3.8, 4) is 0 Å². The number of thiophene rings is 1. The first-order valence-electron chi connectivity index (χ1n) is 11.7. The number of pyridine rings is 1. The monoisotopic (exact) mass is 518 g/mol. The number of rotatable bonds is 5. The molecule has 4 atom stereocenters. The predicted molar refractivity (Wildman–Crippen MR) is 127 cm³/mol. The van der Waals surface area contributed by atoms with E-state index in [2.05, 4.69) is 20.3 Å².